The topological polar surface area (TPSA) is 104 Å². The van der Waals surface area contributed by atoms with Gasteiger partial charge in [-0.15, -0.1) is 0 Å². The Kier molecular flexibility index (Phi) is 7.68. The number of ketones is 1. The Morgan fingerprint density at radius 3 is 2.03 bits per heavy atom. The van der Waals surface area contributed by atoms with Crippen molar-refractivity contribution in [3.05, 3.63) is 52.6 Å². The largest absolute Gasteiger partial charge is 0.507 e. The summed E-state index contributed by atoms with van der Waals surface area (Å²) in [4.78, 5) is 27.5. The van der Waals surface area contributed by atoms with Crippen LogP contribution in [-0.4, -0.2) is 70.4 Å². The van der Waals surface area contributed by atoms with Gasteiger partial charge in [0.25, 0.3) is 11.7 Å². The highest BCUT2D eigenvalue weighted by Crippen LogP contribution is 2.45. The summed E-state index contributed by atoms with van der Waals surface area (Å²) in [5.74, 6) is -0.0956. The van der Waals surface area contributed by atoms with Crippen molar-refractivity contribution in [3.8, 4) is 23.0 Å². The molecular formula is C25H29NO8. The summed E-state index contributed by atoms with van der Waals surface area (Å²) in [6.45, 7) is 2.17. The van der Waals surface area contributed by atoms with E-state index in [0.717, 1.165) is 5.56 Å². The van der Waals surface area contributed by atoms with Crippen LogP contribution < -0.4 is 18.9 Å². The van der Waals surface area contributed by atoms with E-state index in [4.69, 9.17) is 23.7 Å². The van der Waals surface area contributed by atoms with E-state index in [9.17, 15) is 14.7 Å². The van der Waals surface area contributed by atoms with Gasteiger partial charge in [-0.25, -0.2) is 0 Å². The van der Waals surface area contributed by atoms with E-state index in [1.165, 1.54) is 33.3 Å². The van der Waals surface area contributed by atoms with Gasteiger partial charge in [0.2, 0.25) is 5.75 Å². The van der Waals surface area contributed by atoms with Crippen LogP contribution in [0.2, 0.25) is 0 Å². The molecular weight excluding hydrogens is 442 g/mol. The number of Topliss-reactive ketones (excluding diaryl/α,β-unsaturated/α-hetero) is 1. The minimum absolute atomic E-state index is 0.0417. The number of aliphatic hydroxyl groups excluding tert-OH is 1. The predicted molar refractivity (Wildman–Crippen MR) is 125 cm³/mol. The van der Waals surface area contributed by atoms with E-state index in [1.807, 2.05) is 6.92 Å². The lowest BCUT2D eigenvalue weighted by Crippen LogP contribution is -2.32. The SMILES string of the molecule is COCCN1C(=O)C(=O)C(=C(O)c2ccc(OC)c(C)c2)[C@@H]1c1cc(OC)c(OC)c(OC)c1. The zero-order valence-electron chi connectivity index (χ0n) is 20.1. The minimum atomic E-state index is -0.897. The quantitative estimate of drug-likeness (QED) is 0.338. The maximum Gasteiger partial charge on any atom is 0.295 e. The first-order chi connectivity index (χ1) is 16.3. The number of hydrogen-bond acceptors (Lipinski definition) is 8. The van der Waals surface area contributed by atoms with Gasteiger partial charge in [0, 0.05) is 19.2 Å². The van der Waals surface area contributed by atoms with Gasteiger partial charge in [0.1, 0.15) is 11.5 Å². The number of nitrogens with zero attached hydrogens (tertiary/aromatic N) is 1. The Morgan fingerprint density at radius 1 is 0.912 bits per heavy atom. The third kappa shape index (κ3) is 4.38. The maximum atomic E-state index is 13.2. The van der Waals surface area contributed by atoms with Crippen LogP contribution in [0.15, 0.2) is 35.9 Å². The van der Waals surface area contributed by atoms with Gasteiger partial charge in [-0.1, -0.05) is 0 Å². The van der Waals surface area contributed by atoms with Crippen LogP contribution in [0.5, 0.6) is 23.0 Å². The fourth-order valence-electron chi connectivity index (χ4n) is 4.09. The van der Waals surface area contributed by atoms with Crippen LogP contribution in [0, 0.1) is 6.92 Å². The monoisotopic (exact) mass is 471 g/mol. The van der Waals surface area contributed by atoms with E-state index < -0.39 is 17.7 Å². The highest BCUT2D eigenvalue weighted by atomic mass is 16.5. The molecule has 9 heteroatoms. The Labute approximate surface area is 198 Å². The first kappa shape index (κ1) is 24.9. The average molecular weight is 472 g/mol. The number of ether oxygens (including phenoxy) is 5. The van der Waals surface area contributed by atoms with Crippen molar-refractivity contribution >= 4 is 17.4 Å². The van der Waals surface area contributed by atoms with Crippen LogP contribution >= 0.6 is 0 Å². The van der Waals surface area contributed by atoms with Crippen molar-refractivity contribution < 1.29 is 38.4 Å². The van der Waals surface area contributed by atoms with Crippen molar-refractivity contribution in [2.24, 2.45) is 0 Å². The smallest absolute Gasteiger partial charge is 0.295 e. The van der Waals surface area contributed by atoms with Crippen molar-refractivity contribution in [2.75, 3.05) is 48.7 Å². The molecule has 1 atom stereocenters. The lowest BCUT2D eigenvalue weighted by Gasteiger charge is -2.26. The fraction of sp³-hybridized carbons (Fsp3) is 0.360. The number of methoxy groups -OCH3 is 5. The Bertz CT molecular complexity index is 1100. The summed E-state index contributed by atoms with van der Waals surface area (Å²) in [5.41, 5.74) is 1.63. The van der Waals surface area contributed by atoms with Crippen LogP contribution in [0.25, 0.3) is 5.76 Å². The molecule has 0 spiro atoms. The second-order valence-corrected chi connectivity index (χ2v) is 7.63. The van der Waals surface area contributed by atoms with E-state index in [0.29, 0.717) is 34.1 Å². The van der Waals surface area contributed by atoms with Gasteiger partial charge in [-0.05, 0) is 48.4 Å². The van der Waals surface area contributed by atoms with E-state index in [-0.39, 0.29) is 24.5 Å². The molecule has 0 saturated carbocycles. The number of amides is 1. The summed E-state index contributed by atoms with van der Waals surface area (Å²) in [6.07, 6.45) is 0. The number of hydrogen-bond donors (Lipinski definition) is 1. The predicted octanol–water partition coefficient (Wildman–Crippen LogP) is 3.10. The molecule has 1 saturated heterocycles. The molecule has 0 aliphatic carbocycles. The lowest BCUT2D eigenvalue weighted by atomic mass is 9.94. The molecule has 0 aromatic heterocycles. The summed E-state index contributed by atoms with van der Waals surface area (Å²) in [7, 11) is 7.49. The van der Waals surface area contributed by atoms with Gasteiger partial charge in [-0.3, -0.25) is 9.59 Å². The van der Waals surface area contributed by atoms with Crippen LogP contribution in [0.1, 0.15) is 22.7 Å². The summed E-state index contributed by atoms with van der Waals surface area (Å²) in [5, 5.41) is 11.2. The molecule has 182 valence electrons. The van der Waals surface area contributed by atoms with Crippen molar-refractivity contribution in [2.45, 2.75) is 13.0 Å². The van der Waals surface area contributed by atoms with E-state index in [1.54, 1.807) is 37.4 Å². The molecule has 0 unspecified atom stereocenters. The number of likely N-dealkylation sites (tertiary alicyclic amines) is 1. The third-order valence-electron chi connectivity index (χ3n) is 5.75. The molecule has 0 bridgehead atoms. The molecule has 34 heavy (non-hydrogen) atoms. The number of carbonyl (C=O) groups excluding carboxylic acids is 2. The number of aryl methyl sites for hydroxylation is 1. The first-order valence-corrected chi connectivity index (χ1v) is 10.5. The van der Waals surface area contributed by atoms with E-state index >= 15 is 0 Å². The average Bonchev–Trinajstić information content (AvgIpc) is 3.10. The highest BCUT2D eigenvalue weighted by Gasteiger charge is 2.46. The zero-order chi connectivity index (χ0) is 25.0. The summed E-state index contributed by atoms with van der Waals surface area (Å²) in [6, 6.07) is 7.44. The molecule has 1 amide bonds. The second-order valence-electron chi connectivity index (χ2n) is 7.63. The lowest BCUT2D eigenvalue weighted by molar-refractivity contribution is -0.140. The van der Waals surface area contributed by atoms with Crippen molar-refractivity contribution in [1.29, 1.82) is 0 Å². The summed E-state index contributed by atoms with van der Waals surface area (Å²) < 4.78 is 26.8. The third-order valence-corrected chi connectivity index (χ3v) is 5.75. The molecule has 9 nitrogen and oxygen atoms in total. The van der Waals surface area contributed by atoms with Crippen molar-refractivity contribution in [3.63, 3.8) is 0 Å². The fourth-order valence-corrected chi connectivity index (χ4v) is 4.09. The van der Waals surface area contributed by atoms with Crippen LogP contribution in [0.3, 0.4) is 0 Å². The van der Waals surface area contributed by atoms with Crippen molar-refractivity contribution in [1.82, 2.24) is 4.90 Å². The highest BCUT2D eigenvalue weighted by molar-refractivity contribution is 6.46. The Balaban J connectivity index is 2.26. The molecule has 2 aromatic carbocycles. The summed E-state index contributed by atoms with van der Waals surface area (Å²) >= 11 is 0. The van der Waals surface area contributed by atoms with Crippen LogP contribution in [0.4, 0.5) is 0 Å². The molecule has 0 radical (unpaired) electrons. The minimum Gasteiger partial charge on any atom is -0.507 e. The molecule has 1 N–H and O–H groups in total. The molecule has 3 rings (SSSR count). The maximum absolute atomic E-state index is 13.2. The van der Waals surface area contributed by atoms with Gasteiger partial charge in [-0.2, -0.15) is 0 Å². The standard InChI is InChI=1S/C25H29NO8/c1-14-11-15(7-8-17(14)31-3)22(27)20-21(26(9-10-30-2)25(29)23(20)28)16-12-18(32-4)24(34-6)19(13-16)33-5/h7-8,11-13,21,27H,9-10H2,1-6H3/t21-/m0/s1. The van der Waals surface area contributed by atoms with E-state index in [2.05, 4.69) is 0 Å². The molecule has 2 aromatic rings. The first-order valence-electron chi connectivity index (χ1n) is 10.5. The van der Waals surface area contributed by atoms with Gasteiger partial charge >= 0.3 is 0 Å². The Morgan fingerprint density at radius 2 is 1.53 bits per heavy atom. The Hall–Kier alpha value is -3.72. The molecule has 1 fully saturated rings. The van der Waals surface area contributed by atoms with Gasteiger partial charge in [0.05, 0.1) is 46.7 Å². The number of rotatable bonds is 9. The molecule has 1 aliphatic rings. The normalized spacial score (nSPS) is 17.1. The number of carbonyl (C=O) groups is 2. The second kappa shape index (κ2) is 10.5. The van der Waals surface area contributed by atoms with Crippen LogP contribution in [-0.2, 0) is 14.3 Å². The molecule has 1 aliphatic heterocycles. The molecule has 1 heterocycles. The number of benzene rings is 2. The zero-order valence-corrected chi connectivity index (χ0v) is 20.1. The van der Waals surface area contributed by atoms with Gasteiger partial charge in [0.15, 0.2) is 11.5 Å². The van der Waals surface area contributed by atoms with Gasteiger partial charge < -0.3 is 33.7 Å². The number of aliphatic hydroxyl groups is 1.